The van der Waals surface area contributed by atoms with Gasteiger partial charge in [0.25, 0.3) is 5.91 Å². The van der Waals surface area contributed by atoms with Crippen LogP contribution in [0.15, 0.2) is 36.9 Å². The van der Waals surface area contributed by atoms with Crippen molar-refractivity contribution in [3.05, 3.63) is 53.1 Å². The summed E-state index contributed by atoms with van der Waals surface area (Å²) in [6.07, 6.45) is 3.69. The molecule has 2 aliphatic carbocycles. The summed E-state index contributed by atoms with van der Waals surface area (Å²) < 4.78 is 5.17. The van der Waals surface area contributed by atoms with Crippen molar-refractivity contribution in [1.29, 1.82) is 0 Å². The van der Waals surface area contributed by atoms with Crippen molar-refractivity contribution in [3.8, 4) is 5.75 Å². The third kappa shape index (κ3) is 4.81. The molecule has 6 atom stereocenters. The summed E-state index contributed by atoms with van der Waals surface area (Å²) in [5, 5.41) is 15.1. The molecule has 1 aromatic heterocycles. The predicted molar refractivity (Wildman–Crippen MR) is 143 cm³/mol. The fourth-order valence-corrected chi connectivity index (χ4v) is 7.59. The van der Waals surface area contributed by atoms with E-state index < -0.39 is 6.10 Å². The van der Waals surface area contributed by atoms with Gasteiger partial charge in [0.15, 0.2) is 5.13 Å². The summed E-state index contributed by atoms with van der Waals surface area (Å²) >= 11 is 1.53. The van der Waals surface area contributed by atoms with E-state index in [4.69, 9.17) is 9.72 Å². The standard InChI is InChI=1S/C28H37N3O4S/c1-7-14-31(5)26(34)16(2)20-12-13-28(4)15-21-23(17(3)22(28)24(20)32)29-27(36-21)30-25(33)18-8-10-19(35-6)11-9-18/h7-11,16-17,20,22,24,32H,1,12-15H2,2-6H3,(H,29,30,33)/t16-,17+,20+,22+,24-,28+/m0/s1. The quantitative estimate of drug-likeness (QED) is 0.524. The Hall–Kier alpha value is -2.71. The minimum absolute atomic E-state index is 0.00375. The van der Waals surface area contributed by atoms with Crippen molar-refractivity contribution in [2.45, 2.75) is 52.1 Å². The molecule has 2 N–H and O–H groups in total. The molecule has 1 heterocycles. The second-order valence-electron chi connectivity index (χ2n) is 10.6. The smallest absolute Gasteiger partial charge is 0.257 e. The van der Waals surface area contributed by atoms with Crippen LogP contribution in [0.5, 0.6) is 5.75 Å². The van der Waals surface area contributed by atoms with Gasteiger partial charge in [0.05, 0.1) is 18.9 Å². The van der Waals surface area contributed by atoms with Crippen LogP contribution in [0.3, 0.4) is 0 Å². The van der Waals surface area contributed by atoms with Gasteiger partial charge in [0, 0.05) is 35.9 Å². The third-order valence-corrected chi connectivity index (χ3v) is 9.29. The topological polar surface area (TPSA) is 91.8 Å². The molecule has 0 saturated heterocycles. The predicted octanol–water partition coefficient (Wildman–Crippen LogP) is 4.74. The molecule has 8 heteroatoms. The number of amides is 2. The number of thiazole rings is 1. The fourth-order valence-electron chi connectivity index (χ4n) is 6.33. The number of hydrogen-bond donors (Lipinski definition) is 2. The van der Waals surface area contributed by atoms with Gasteiger partial charge in [0.2, 0.25) is 5.91 Å². The van der Waals surface area contributed by atoms with Crippen LogP contribution in [0.4, 0.5) is 5.13 Å². The Morgan fingerprint density at radius 1 is 1.39 bits per heavy atom. The molecule has 1 fully saturated rings. The van der Waals surface area contributed by atoms with Crippen LogP contribution in [-0.4, -0.2) is 53.6 Å². The number of methoxy groups -OCH3 is 1. The lowest BCUT2D eigenvalue weighted by Crippen LogP contribution is -2.53. The summed E-state index contributed by atoms with van der Waals surface area (Å²) in [6.45, 7) is 10.5. The van der Waals surface area contributed by atoms with E-state index in [9.17, 15) is 14.7 Å². The molecular weight excluding hydrogens is 474 g/mol. The van der Waals surface area contributed by atoms with E-state index in [1.54, 1.807) is 49.4 Å². The van der Waals surface area contributed by atoms with Gasteiger partial charge in [-0.2, -0.15) is 0 Å². The Kier molecular flexibility index (Phi) is 7.57. The number of aliphatic hydroxyl groups is 1. The van der Waals surface area contributed by atoms with Gasteiger partial charge in [0.1, 0.15) is 5.75 Å². The second-order valence-corrected chi connectivity index (χ2v) is 11.7. The Morgan fingerprint density at radius 2 is 2.08 bits per heavy atom. The van der Waals surface area contributed by atoms with E-state index >= 15 is 0 Å². The maximum Gasteiger partial charge on any atom is 0.257 e. The van der Waals surface area contributed by atoms with Gasteiger partial charge in [-0.05, 0) is 60.8 Å². The van der Waals surface area contributed by atoms with Gasteiger partial charge in [-0.25, -0.2) is 4.98 Å². The first-order chi connectivity index (χ1) is 17.1. The Morgan fingerprint density at radius 3 is 2.72 bits per heavy atom. The normalized spacial score (nSPS) is 27.8. The number of aliphatic hydroxyl groups excluding tert-OH is 1. The highest BCUT2D eigenvalue weighted by Gasteiger charge is 2.54. The Balaban J connectivity index is 1.53. The van der Waals surface area contributed by atoms with Gasteiger partial charge >= 0.3 is 0 Å². The highest BCUT2D eigenvalue weighted by Crippen LogP contribution is 2.57. The summed E-state index contributed by atoms with van der Waals surface area (Å²) in [4.78, 5) is 33.4. The van der Waals surface area contributed by atoms with Crippen LogP contribution in [0.1, 0.15) is 60.5 Å². The Bertz CT molecular complexity index is 1130. The molecule has 0 radical (unpaired) electrons. The molecule has 0 unspecified atom stereocenters. The number of fused-ring (bicyclic) bond motifs is 2. The van der Waals surface area contributed by atoms with Crippen LogP contribution in [-0.2, 0) is 11.2 Å². The van der Waals surface area contributed by atoms with E-state index in [1.807, 2.05) is 6.92 Å². The number of carbonyl (C=O) groups excluding carboxylic acids is 2. The minimum atomic E-state index is -0.595. The lowest BCUT2D eigenvalue weighted by molar-refractivity contribution is -0.143. The number of ether oxygens (including phenoxy) is 1. The highest BCUT2D eigenvalue weighted by molar-refractivity contribution is 7.15. The van der Waals surface area contributed by atoms with E-state index in [2.05, 4.69) is 25.7 Å². The van der Waals surface area contributed by atoms with Crippen molar-refractivity contribution in [2.24, 2.45) is 23.2 Å². The van der Waals surface area contributed by atoms with Crippen molar-refractivity contribution in [2.75, 3.05) is 26.0 Å². The molecule has 7 nitrogen and oxygen atoms in total. The lowest BCUT2D eigenvalue weighted by Gasteiger charge is -2.53. The number of carbonyl (C=O) groups is 2. The number of nitrogens with zero attached hydrogens (tertiary/aromatic N) is 2. The molecule has 1 aromatic carbocycles. The van der Waals surface area contributed by atoms with Crippen molar-refractivity contribution in [1.82, 2.24) is 9.88 Å². The number of aromatic nitrogens is 1. The molecule has 0 spiro atoms. The average Bonchev–Trinajstić information content (AvgIpc) is 3.25. The zero-order valence-electron chi connectivity index (χ0n) is 21.8. The van der Waals surface area contributed by atoms with Crippen LogP contribution in [0.2, 0.25) is 0 Å². The van der Waals surface area contributed by atoms with Crippen LogP contribution in [0, 0.1) is 23.2 Å². The molecule has 2 aromatic rings. The van der Waals surface area contributed by atoms with Gasteiger partial charge in [-0.3, -0.25) is 14.9 Å². The first kappa shape index (κ1) is 26.4. The van der Waals surface area contributed by atoms with Crippen molar-refractivity contribution < 1.29 is 19.4 Å². The van der Waals surface area contributed by atoms with Crippen LogP contribution < -0.4 is 10.1 Å². The van der Waals surface area contributed by atoms with E-state index in [0.29, 0.717) is 23.0 Å². The zero-order valence-corrected chi connectivity index (χ0v) is 22.6. The Labute approximate surface area is 217 Å². The summed E-state index contributed by atoms with van der Waals surface area (Å²) in [7, 11) is 3.37. The first-order valence-electron chi connectivity index (χ1n) is 12.6. The van der Waals surface area contributed by atoms with Crippen LogP contribution in [0.25, 0.3) is 0 Å². The molecule has 2 aliphatic rings. The van der Waals surface area contributed by atoms with Crippen molar-refractivity contribution in [3.63, 3.8) is 0 Å². The molecular formula is C28H37N3O4S. The summed E-state index contributed by atoms with van der Waals surface area (Å²) in [5.74, 6) is 0.183. The molecule has 4 rings (SSSR count). The molecule has 1 saturated carbocycles. The fraction of sp³-hybridized carbons (Fsp3) is 0.536. The third-order valence-electron chi connectivity index (χ3n) is 8.31. The molecule has 36 heavy (non-hydrogen) atoms. The van der Waals surface area contributed by atoms with Gasteiger partial charge in [-0.15, -0.1) is 17.9 Å². The van der Waals surface area contributed by atoms with Crippen LogP contribution >= 0.6 is 11.3 Å². The number of anilines is 1. The highest BCUT2D eigenvalue weighted by atomic mass is 32.1. The van der Waals surface area contributed by atoms with E-state index in [0.717, 1.165) is 25.0 Å². The summed E-state index contributed by atoms with van der Waals surface area (Å²) in [6, 6.07) is 6.97. The zero-order chi connectivity index (χ0) is 26.2. The number of hydrogen-bond acceptors (Lipinski definition) is 6. The molecule has 194 valence electrons. The molecule has 0 aliphatic heterocycles. The summed E-state index contributed by atoms with van der Waals surface area (Å²) in [5.41, 5.74) is 1.41. The number of rotatable bonds is 7. The van der Waals surface area contributed by atoms with Crippen molar-refractivity contribution >= 4 is 28.3 Å². The second kappa shape index (κ2) is 10.3. The maximum atomic E-state index is 13.0. The maximum absolute atomic E-state index is 13.0. The average molecular weight is 512 g/mol. The number of nitrogens with one attached hydrogen (secondary N) is 1. The number of likely N-dealkylation sites (N-methyl/N-ethyl adjacent to an activating group) is 1. The van der Waals surface area contributed by atoms with Gasteiger partial charge in [-0.1, -0.05) is 26.8 Å². The molecule has 2 amide bonds. The largest absolute Gasteiger partial charge is 0.497 e. The first-order valence-corrected chi connectivity index (χ1v) is 13.4. The minimum Gasteiger partial charge on any atom is -0.497 e. The monoisotopic (exact) mass is 511 g/mol. The molecule has 0 bridgehead atoms. The number of benzene rings is 1. The van der Waals surface area contributed by atoms with E-state index in [1.165, 1.54) is 16.2 Å². The van der Waals surface area contributed by atoms with E-state index in [-0.39, 0.29) is 40.9 Å². The SMILES string of the molecule is C=CCN(C)C(=O)[C@@H](C)[C@H]1CC[C@]2(C)Cc3sc(NC(=O)c4ccc(OC)cc4)nc3[C@H](C)[C@@H]2[C@H]1O. The lowest BCUT2D eigenvalue weighted by atomic mass is 9.53. The van der Waals surface area contributed by atoms with Gasteiger partial charge < -0.3 is 14.7 Å².